The Morgan fingerprint density at radius 3 is 2.52 bits per heavy atom. The quantitative estimate of drug-likeness (QED) is 0.482. The molecule has 8 heteroatoms. The van der Waals surface area contributed by atoms with Crippen molar-refractivity contribution in [2.24, 2.45) is 10.9 Å². The van der Waals surface area contributed by atoms with Crippen LogP contribution in [0.15, 0.2) is 65.9 Å². The van der Waals surface area contributed by atoms with Crippen molar-refractivity contribution in [3.8, 4) is 0 Å². The Kier molecular flexibility index (Phi) is 7.04. The fourth-order valence-corrected chi connectivity index (χ4v) is 3.72. The van der Waals surface area contributed by atoms with Gasteiger partial charge in [0.2, 0.25) is 5.91 Å². The van der Waals surface area contributed by atoms with Crippen LogP contribution in [-0.4, -0.2) is 28.0 Å². The van der Waals surface area contributed by atoms with Gasteiger partial charge >= 0.3 is 0 Å². The highest BCUT2D eigenvalue weighted by molar-refractivity contribution is 6.02. The zero-order valence-corrected chi connectivity index (χ0v) is 18.2. The zero-order valence-electron chi connectivity index (χ0n) is 18.2. The lowest BCUT2D eigenvalue weighted by molar-refractivity contribution is -0.120. The summed E-state index contributed by atoms with van der Waals surface area (Å²) < 4.78 is 0. The molecule has 0 spiro atoms. The van der Waals surface area contributed by atoms with Crippen LogP contribution in [0.5, 0.6) is 0 Å². The van der Waals surface area contributed by atoms with Crippen molar-refractivity contribution in [2.75, 3.05) is 16.4 Å². The summed E-state index contributed by atoms with van der Waals surface area (Å²) in [4.78, 5) is 37.3. The van der Waals surface area contributed by atoms with Crippen molar-refractivity contribution in [3.05, 3.63) is 72.2 Å². The van der Waals surface area contributed by atoms with Gasteiger partial charge < -0.3 is 16.4 Å². The monoisotopic (exact) mass is 442 g/mol. The first-order valence-electron chi connectivity index (χ1n) is 11.0. The molecular weight excluding hydrogens is 416 g/mol. The topological polar surface area (TPSA) is 122 Å². The van der Waals surface area contributed by atoms with E-state index in [1.165, 1.54) is 12.6 Å². The number of benzene rings is 1. The van der Waals surface area contributed by atoms with Gasteiger partial charge in [0.05, 0.1) is 17.6 Å². The van der Waals surface area contributed by atoms with Crippen LogP contribution in [0, 0.1) is 5.92 Å². The van der Waals surface area contributed by atoms with Crippen LogP contribution in [0.2, 0.25) is 0 Å². The molecule has 33 heavy (non-hydrogen) atoms. The van der Waals surface area contributed by atoms with E-state index in [1.54, 1.807) is 36.7 Å². The third-order valence-corrected chi connectivity index (χ3v) is 5.56. The average Bonchev–Trinajstić information content (AvgIpc) is 2.86. The smallest absolute Gasteiger partial charge is 0.275 e. The Hall–Kier alpha value is -4.07. The molecule has 2 aromatic heterocycles. The Morgan fingerprint density at radius 2 is 1.79 bits per heavy atom. The second-order valence-electron chi connectivity index (χ2n) is 8.00. The number of pyridine rings is 2. The fraction of sp³-hybridized carbons (Fsp3) is 0.240. The molecule has 0 bridgehead atoms. The number of hydrogen-bond acceptors (Lipinski definition) is 6. The number of carbonyl (C=O) groups is 2. The van der Waals surface area contributed by atoms with E-state index in [2.05, 4.69) is 25.6 Å². The molecule has 0 aliphatic heterocycles. The van der Waals surface area contributed by atoms with Crippen molar-refractivity contribution >= 4 is 40.9 Å². The number of hydrogen-bond donors (Lipinski definition) is 3. The summed E-state index contributed by atoms with van der Waals surface area (Å²) in [6, 6.07) is 14.2. The first kappa shape index (κ1) is 22.1. The highest BCUT2D eigenvalue weighted by Crippen LogP contribution is 2.26. The van der Waals surface area contributed by atoms with E-state index < -0.39 is 0 Å². The predicted molar refractivity (Wildman–Crippen MR) is 130 cm³/mol. The summed E-state index contributed by atoms with van der Waals surface area (Å²) in [5, 5.41) is 5.70. The van der Waals surface area contributed by atoms with Crippen LogP contribution in [0.3, 0.4) is 0 Å². The zero-order chi connectivity index (χ0) is 23.0. The van der Waals surface area contributed by atoms with Gasteiger partial charge in [0.1, 0.15) is 11.5 Å². The van der Waals surface area contributed by atoms with E-state index in [0.717, 1.165) is 36.9 Å². The van der Waals surface area contributed by atoms with Gasteiger partial charge in [0.15, 0.2) is 0 Å². The van der Waals surface area contributed by atoms with Crippen molar-refractivity contribution in [1.29, 1.82) is 0 Å². The molecule has 1 aliphatic carbocycles. The van der Waals surface area contributed by atoms with Crippen LogP contribution >= 0.6 is 0 Å². The Balaban J connectivity index is 1.39. The first-order chi connectivity index (χ1) is 16.1. The molecule has 2 heterocycles. The minimum absolute atomic E-state index is 0.0981. The molecule has 4 rings (SSSR count). The first-order valence-corrected chi connectivity index (χ1v) is 11.0. The lowest BCUT2D eigenvalue weighted by atomic mass is 9.88. The number of anilines is 3. The molecule has 1 aromatic carbocycles. The van der Waals surface area contributed by atoms with Crippen molar-refractivity contribution < 1.29 is 9.59 Å². The third-order valence-electron chi connectivity index (χ3n) is 5.56. The molecule has 0 saturated heterocycles. The highest BCUT2D eigenvalue weighted by Gasteiger charge is 2.20. The van der Waals surface area contributed by atoms with Gasteiger partial charge in [-0.3, -0.25) is 19.6 Å². The molecule has 168 valence electrons. The summed E-state index contributed by atoms with van der Waals surface area (Å²) in [6.45, 7) is 0. The van der Waals surface area contributed by atoms with E-state index in [-0.39, 0.29) is 23.4 Å². The number of aliphatic imine (C=N–C) groups is 1. The molecule has 1 fully saturated rings. The largest absolute Gasteiger partial charge is 0.396 e. The number of nitrogens with one attached hydrogen (secondary N) is 2. The lowest BCUT2D eigenvalue weighted by Gasteiger charge is -2.20. The van der Waals surface area contributed by atoms with Crippen LogP contribution in [-0.2, 0) is 4.79 Å². The molecule has 2 amide bonds. The maximum Gasteiger partial charge on any atom is 0.275 e. The van der Waals surface area contributed by atoms with Gasteiger partial charge in [0, 0.05) is 30.1 Å². The van der Waals surface area contributed by atoms with Crippen LogP contribution in [0.1, 0.15) is 48.2 Å². The number of nitrogens with two attached hydrogens (primary N) is 1. The van der Waals surface area contributed by atoms with Gasteiger partial charge in [-0.2, -0.15) is 0 Å². The minimum Gasteiger partial charge on any atom is -0.396 e. The van der Waals surface area contributed by atoms with Crippen molar-refractivity contribution in [3.63, 3.8) is 0 Å². The van der Waals surface area contributed by atoms with E-state index in [4.69, 9.17) is 5.73 Å². The van der Waals surface area contributed by atoms with Crippen LogP contribution < -0.4 is 16.4 Å². The molecule has 3 aromatic rings. The van der Waals surface area contributed by atoms with E-state index >= 15 is 0 Å². The highest BCUT2D eigenvalue weighted by atomic mass is 16.2. The van der Waals surface area contributed by atoms with E-state index in [9.17, 15) is 9.59 Å². The molecule has 8 nitrogen and oxygen atoms in total. The van der Waals surface area contributed by atoms with E-state index in [1.807, 2.05) is 24.3 Å². The second-order valence-corrected chi connectivity index (χ2v) is 8.00. The number of nitrogen functional groups attached to an aromatic ring is 1. The van der Waals surface area contributed by atoms with Gasteiger partial charge in [0.25, 0.3) is 5.91 Å². The average molecular weight is 443 g/mol. The number of rotatable bonds is 6. The van der Waals surface area contributed by atoms with Crippen LogP contribution in [0.4, 0.5) is 22.9 Å². The Labute approximate surface area is 192 Å². The molecule has 4 N–H and O–H groups in total. The predicted octanol–water partition coefficient (Wildman–Crippen LogP) is 4.58. The number of aromatic nitrogens is 2. The standard InChI is InChI=1S/C25H26N6O2/c26-20-16-29-23(31-25(33)21-8-4-5-13-27-21)14-22(20)28-15-17-9-11-19(12-10-17)30-24(32)18-6-2-1-3-7-18/h4-5,8-16,18H,1-3,6-7,26H2,(H,30,32)(H,29,31,33). The maximum atomic E-state index is 12.4. The number of amides is 2. The molecule has 1 aliphatic rings. The Bertz CT molecular complexity index is 1140. The maximum absolute atomic E-state index is 12.4. The third kappa shape index (κ3) is 6.00. The van der Waals surface area contributed by atoms with E-state index in [0.29, 0.717) is 17.2 Å². The van der Waals surface area contributed by atoms with Crippen LogP contribution in [0.25, 0.3) is 0 Å². The van der Waals surface area contributed by atoms with Gasteiger partial charge in [-0.05, 0) is 42.7 Å². The minimum atomic E-state index is -0.367. The molecule has 0 radical (unpaired) electrons. The van der Waals surface area contributed by atoms with Crippen molar-refractivity contribution in [2.45, 2.75) is 32.1 Å². The molecule has 0 unspecified atom stereocenters. The summed E-state index contributed by atoms with van der Waals surface area (Å²) in [5.74, 6) is 0.171. The number of nitrogens with zero attached hydrogens (tertiary/aromatic N) is 3. The molecule has 0 atom stereocenters. The van der Waals surface area contributed by atoms with Gasteiger partial charge in [-0.25, -0.2) is 4.98 Å². The number of carbonyl (C=O) groups excluding carboxylic acids is 2. The SMILES string of the molecule is Nc1cnc(NC(=O)c2ccccn2)cc1N=Cc1ccc(NC(=O)C2CCCCC2)cc1. The Morgan fingerprint density at radius 1 is 1.00 bits per heavy atom. The summed E-state index contributed by atoms with van der Waals surface area (Å²) in [7, 11) is 0. The second kappa shape index (κ2) is 10.5. The molecular formula is C25H26N6O2. The van der Waals surface area contributed by atoms with Crippen molar-refractivity contribution in [1.82, 2.24) is 9.97 Å². The summed E-state index contributed by atoms with van der Waals surface area (Å²) in [5.41, 5.74) is 8.77. The summed E-state index contributed by atoms with van der Waals surface area (Å²) >= 11 is 0. The van der Waals surface area contributed by atoms with Gasteiger partial charge in [-0.1, -0.05) is 37.5 Å². The normalized spacial score (nSPS) is 14.2. The summed E-state index contributed by atoms with van der Waals surface area (Å²) in [6.07, 6.45) is 10.1. The lowest BCUT2D eigenvalue weighted by Crippen LogP contribution is -2.24. The molecule has 1 saturated carbocycles. The fourth-order valence-electron chi connectivity index (χ4n) is 3.72. The van der Waals surface area contributed by atoms with Gasteiger partial charge in [-0.15, -0.1) is 0 Å².